The van der Waals surface area contributed by atoms with Crippen molar-refractivity contribution < 1.29 is 4.79 Å². The van der Waals surface area contributed by atoms with Crippen LogP contribution in [0, 0.1) is 0 Å². The summed E-state index contributed by atoms with van der Waals surface area (Å²) in [5, 5.41) is 4.53. The monoisotopic (exact) mass is 347 g/mol. The molecule has 26 heavy (non-hydrogen) atoms. The number of primary amides is 1. The minimum atomic E-state index is -0.364. The second kappa shape index (κ2) is 8.48. The van der Waals surface area contributed by atoms with Crippen LogP contribution in [0.4, 0.5) is 11.4 Å². The van der Waals surface area contributed by atoms with Gasteiger partial charge in [-0.2, -0.15) is 0 Å². The lowest BCUT2D eigenvalue weighted by Gasteiger charge is -2.13. The van der Waals surface area contributed by atoms with Crippen molar-refractivity contribution in [2.75, 3.05) is 5.32 Å². The molecule has 3 aromatic rings. The maximum atomic E-state index is 11.7. The Morgan fingerprint density at radius 2 is 1.92 bits per heavy atom. The quantitative estimate of drug-likeness (QED) is 0.550. The summed E-state index contributed by atoms with van der Waals surface area (Å²) in [5.41, 5.74) is 10.1. The predicted molar refractivity (Wildman–Crippen MR) is 108 cm³/mol. The molecule has 2 aromatic carbocycles. The number of hydrogen-bond acceptors (Lipinski definition) is 3. The molecule has 0 aliphatic carbocycles. The molecule has 0 saturated carbocycles. The Labute approximate surface area is 154 Å². The van der Waals surface area contributed by atoms with Crippen LogP contribution in [0.2, 0.25) is 0 Å². The van der Waals surface area contributed by atoms with Crippen LogP contribution in [-0.2, 0) is 6.42 Å². The Hall–Kier alpha value is -2.88. The van der Waals surface area contributed by atoms with Crippen LogP contribution in [0.3, 0.4) is 0 Å². The molecule has 1 aromatic heterocycles. The molecule has 3 N–H and O–H groups in total. The fourth-order valence-electron chi connectivity index (χ4n) is 3.22. The number of aromatic nitrogens is 1. The Balaban J connectivity index is 1.86. The first-order chi connectivity index (χ1) is 12.7. The molecule has 0 spiro atoms. The van der Waals surface area contributed by atoms with E-state index in [2.05, 4.69) is 17.2 Å². The van der Waals surface area contributed by atoms with Gasteiger partial charge in [0.05, 0.1) is 5.52 Å². The highest BCUT2D eigenvalue weighted by atomic mass is 16.1. The van der Waals surface area contributed by atoms with Gasteiger partial charge < -0.3 is 11.1 Å². The summed E-state index contributed by atoms with van der Waals surface area (Å²) in [5.74, 6) is -0.364. The number of nitrogens with one attached hydrogen (secondary N) is 1. The average Bonchev–Trinajstić information content (AvgIpc) is 2.65. The van der Waals surface area contributed by atoms with Crippen molar-refractivity contribution in [2.45, 2.75) is 39.0 Å². The van der Waals surface area contributed by atoms with Crippen molar-refractivity contribution in [3.8, 4) is 0 Å². The standard InChI is InChI=1S/C22H25N3O/c1-2-3-4-5-8-16-15-17(11-12-18(16)22(23)26)25-21-13-14-24-20-10-7-6-9-19(20)21/h6-7,9-15H,2-5,8H2,1H3,(H2,23,26)(H,24,25). The molecule has 0 bridgehead atoms. The largest absolute Gasteiger partial charge is 0.366 e. The molecule has 0 atom stereocenters. The van der Waals surface area contributed by atoms with Gasteiger partial charge in [-0.3, -0.25) is 9.78 Å². The molecule has 4 nitrogen and oxygen atoms in total. The van der Waals surface area contributed by atoms with Crippen molar-refractivity contribution >= 4 is 28.2 Å². The van der Waals surface area contributed by atoms with Crippen LogP contribution < -0.4 is 11.1 Å². The van der Waals surface area contributed by atoms with Gasteiger partial charge in [-0.15, -0.1) is 0 Å². The minimum absolute atomic E-state index is 0.364. The van der Waals surface area contributed by atoms with Crippen molar-refractivity contribution in [3.63, 3.8) is 0 Å². The second-order valence-corrected chi connectivity index (χ2v) is 6.55. The molecular formula is C22H25N3O. The van der Waals surface area contributed by atoms with Crippen LogP contribution in [0.15, 0.2) is 54.7 Å². The number of carbonyl (C=O) groups is 1. The smallest absolute Gasteiger partial charge is 0.248 e. The van der Waals surface area contributed by atoms with Crippen molar-refractivity contribution in [2.24, 2.45) is 5.73 Å². The van der Waals surface area contributed by atoms with Gasteiger partial charge in [-0.1, -0.05) is 44.4 Å². The fraction of sp³-hybridized carbons (Fsp3) is 0.273. The molecule has 0 saturated heterocycles. The maximum Gasteiger partial charge on any atom is 0.248 e. The van der Waals surface area contributed by atoms with E-state index in [1.807, 2.05) is 48.5 Å². The van der Waals surface area contributed by atoms with Gasteiger partial charge >= 0.3 is 0 Å². The molecule has 1 amide bonds. The van der Waals surface area contributed by atoms with E-state index >= 15 is 0 Å². The number of nitrogens with zero attached hydrogens (tertiary/aromatic N) is 1. The van der Waals surface area contributed by atoms with Gasteiger partial charge in [0.25, 0.3) is 0 Å². The van der Waals surface area contributed by atoms with Gasteiger partial charge in [0.1, 0.15) is 0 Å². The van der Waals surface area contributed by atoms with E-state index < -0.39 is 0 Å². The molecule has 0 unspecified atom stereocenters. The lowest BCUT2D eigenvalue weighted by atomic mass is 9.99. The van der Waals surface area contributed by atoms with E-state index in [9.17, 15) is 4.79 Å². The molecule has 4 heteroatoms. The normalized spacial score (nSPS) is 10.8. The number of rotatable bonds is 8. The third kappa shape index (κ3) is 4.20. The molecule has 0 radical (unpaired) electrons. The number of nitrogens with two attached hydrogens (primary N) is 1. The first-order valence-corrected chi connectivity index (χ1v) is 9.22. The zero-order valence-corrected chi connectivity index (χ0v) is 15.2. The zero-order valence-electron chi connectivity index (χ0n) is 15.2. The van der Waals surface area contributed by atoms with E-state index in [0.717, 1.165) is 40.7 Å². The van der Waals surface area contributed by atoms with Gasteiger partial charge in [-0.05, 0) is 48.7 Å². The average molecular weight is 347 g/mol. The van der Waals surface area contributed by atoms with Crippen molar-refractivity contribution in [1.29, 1.82) is 0 Å². The molecular weight excluding hydrogens is 322 g/mol. The summed E-state index contributed by atoms with van der Waals surface area (Å²) in [6.45, 7) is 2.19. The second-order valence-electron chi connectivity index (χ2n) is 6.55. The third-order valence-corrected chi connectivity index (χ3v) is 4.60. The highest BCUT2D eigenvalue weighted by Crippen LogP contribution is 2.26. The number of para-hydroxylation sites is 1. The topological polar surface area (TPSA) is 68.0 Å². The number of pyridine rings is 1. The van der Waals surface area contributed by atoms with Gasteiger partial charge in [-0.25, -0.2) is 0 Å². The number of fused-ring (bicyclic) bond motifs is 1. The zero-order chi connectivity index (χ0) is 18.4. The fourth-order valence-corrected chi connectivity index (χ4v) is 3.22. The van der Waals surface area contributed by atoms with Crippen LogP contribution >= 0.6 is 0 Å². The van der Waals surface area contributed by atoms with Crippen LogP contribution in [0.5, 0.6) is 0 Å². The molecule has 0 fully saturated rings. The number of amides is 1. The molecule has 3 rings (SSSR count). The lowest BCUT2D eigenvalue weighted by Crippen LogP contribution is -2.14. The molecule has 0 aliphatic rings. The van der Waals surface area contributed by atoms with Crippen LogP contribution in [0.25, 0.3) is 10.9 Å². The third-order valence-electron chi connectivity index (χ3n) is 4.60. The Morgan fingerprint density at radius 1 is 1.08 bits per heavy atom. The molecule has 1 heterocycles. The summed E-state index contributed by atoms with van der Waals surface area (Å²) < 4.78 is 0. The van der Waals surface area contributed by atoms with Gasteiger partial charge in [0.2, 0.25) is 5.91 Å². The minimum Gasteiger partial charge on any atom is -0.366 e. The highest BCUT2D eigenvalue weighted by molar-refractivity contribution is 5.96. The summed E-state index contributed by atoms with van der Waals surface area (Å²) in [6, 6.07) is 15.8. The van der Waals surface area contributed by atoms with E-state index in [4.69, 9.17) is 5.73 Å². The summed E-state index contributed by atoms with van der Waals surface area (Å²) in [6.07, 6.45) is 7.31. The number of anilines is 2. The first kappa shape index (κ1) is 17.9. The maximum absolute atomic E-state index is 11.7. The summed E-state index contributed by atoms with van der Waals surface area (Å²) in [7, 11) is 0. The number of carbonyl (C=O) groups excluding carboxylic acids is 1. The highest BCUT2D eigenvalue weighted by Gasteiger charge is 2.10. The van der Waals surface area contributed by atoms with E-state index in [-0.39, 0.29) is 5.91 Å². The Morgan fingerprint density at radius 3 is 2.73 bits per heavy atom. The number of hydrogen-bond donors (Lipinski definition) is 2. The van der Waals surface area contributed by atoms with E-state index in [0.29, 0.717) is 5.56 Å². The van der Waals surface area contributed by atoms with Crippen molar-refractivity contribution in [1.82, 2.24) is 4.98 Å². The number of unbranched alkanes of at least 4 members (excludes halogenated alkanes) is 3. The summed E-state index contributed by atoms with van der Waals surface area (Å²) >= 11 is 0. The number of benzene rings is 2. The molecule has 134 valence electrons. The Kier molecular flexibility index (Phi) is 5.84. The van der Waals surface area contributed by atoms with Gasteiger partial charge in [0.15, 0.2) is 0 Å². The van der Waals surface area contributed by atoms with Crippen LogP contribution in [-0.4, -0.2) is 10.9 Å². The van der Waals surface area contributed by atoms with E-state index in [1.54, 1.807) is 6.20 Å². The van der Waals surface area contributed by atoms with Crippen LogP contribution in [0.1, 0.15) is 48.5 Å². The van der Waals surface area contributed by atoms with Gasteiger partial charge in [0, 0.05) is 28.5 Å². The predicted octanol–water partition coefficient (Wildman–Crippen LogP) is 5.20. The molecule has 0 aliphatic heterocycles. The van der Waals surface area contributed by atoms with Crippen molar-refractivity contribution in [3.05, 3.63) is 65.9 Å². The number of aryl methyl sites for hydroxylation is 1. The van der Waals surface area contributed by atoms with E-state index in [1.165, 1.54) is 19.3 Å². The Bertz CT molecular complexity index is 900. The first-order valence-electron chi connectivity index (χ1n) is 9.22. The lowest BCUT2D eigenvalue weighted by molar-refractivity contribution is 0.0999. The summed E-state index contributed by atoms with van der Waals surface area (Å²) in [4.78, 5) is 16.1. The SMILES string of the molecule is CCCCCCc1cc(Nc2ccnc3ccccc23)ccc1C(N)=O.